The first-order valence-electron chi connectivity index (χ1n) is 7.82. The number of hydrogen-bond donors (Lipinski definition) is 1. The van der Waals surface area contributed by atoms with Crippen molar-refractivity contribution in [3.05, 3.63) is 35.4 Å². The molecule has 1 aromatic carbocycles. The molecule has 19 heavy (non-hydrogen) atoms. The second kappa shape index (κ2) is 6.06. The lowest BCUT2D eigenvalue weighted by atomic mass is 9.98. The number of hydrogen-bond acceptors (Lipinski definition) is 2. The van der Waals surface area contributed by atoms with Gasteiger partial charge in [0, 0.05) is 19.1 Å². The van der Waals surface area contributed by atoms with Crippen LogP contribution in [-0.4, -0.2) is 30.6 Å². The maximum absolute atomic E-state index is 3.55. The SMILES string of the molecule is Cc1ccccc1CN(CC1CCCNC1)C1CC1. The lowest BCUT2D eigenvalue weighted by Crippen LogP contribution is -2.39. The first kappa shape index (κ1) is 13.1. The van der Waals surface area contributed by atoms with Crippen LogP contribution in [0.2, 0.25) is 0 Å². The molecule has 2 fully saturated rings. The lowest BCUT2D eigenvalue weighted by Gasteiger charge is -2.30. The highest BCUT2D eigenvalue weighted by Gasteiger charge is 2.31. The third-order valence-electron chi connectivity index (χ3n) is 4.59. The summed E-state index contributed by atoms with van der Waals surface area (Å²) in [6.07, 6.45) is 5.58. The predicted octanol–water partition coefficient (Wildman–Crippen LogP) is 2.96. The Labute approximate surface area is 117 Å². The highest BCUT2D eigenvalue weighted by Crippen LogP contribution is 2.30. The molecule has 0 bridgehead atoms. The summed E-state index contributed by atoms with van der Waals surface area (Å²) < 4.78 is 0. The van der Waals surface area contributed by atoms with Gasteiger partial charge in [-0.2, -0.15) is 0 Å². The normalized spacial score (nSPS) is 23.8. The van der Waals surface area contributed by atoms with Gasteiger partial charge in [-0.25, -0.2) is 0 Å². The molecule has 1 aliphatic carbocycles. The zero-order valence-electron chi connectivity index (χ0n) is 12.1. The van der Waals surface area contributed by atoms with Crippen LogP contribution < -0.4 is 5.32 Å². The van der Waals surface area contributed by atoms with Crippen LogP contribution in [0.5, 0.6) is 0 Å². The minimum Gasteiger partial charge on any atom is -0.316 e. The van der Waals surface area contributed by atoms with E-state index < -0.39 is 0 Å². The number of nitrogens with one attached hydrogen (secondary N) is 1. The molecule has 0 amide bonds. The summed E-state index contributed by atoms with van der Waals surface area (Å²) >= 11 is 0. The summed E-state index contributed by atoms with van der Waals surface area (Å²) in [7, 11) is 0. The molecule has 104 valence electrons. The van der Waals surface area contributed by atoms with E-state index in [-0.39, 0.29) is 0 Å². The fraction of sp³-hybridized carbons (Fsp3) is 0.647. The zero-order valence-corrected chi connectivity index (χ0v) is 12.1. The van der Waals surface area contributed by atoms with E-state index in [9.17, 15) is 0 Å². The molecule has 1 N–H and O–H groups in total. The van der Waals surface area contributed by atoms with Gasteiger partial charge in [0.15, 0.2) is 0 Å². The van der Waals surface area contributed by atoms with Crippen LogP contribution in [0.15, 0.2) is 24.3 Å². The molecule has 1 heterocycles. The van der Waals surface area contributed by atoms with Crippen LogP contribution in [0.1, 0.15) is 36.8 Å². The largest absolute Gasteiger partial charge is 0.316 e. The molecule has 1 aliphatic heterocycles. The predicted molar refractivity (Wildman–Crippen MR) is 80.2 cm³/mol. The van der Waals surface area contributed by atoms with Crippen LogP contribution in [0.25, 0.3) is 0 Å². The molecule has 0 aromatic heterocycles. The molecule has 2 heteroatoms. The van der Waals surface area contributed by atoms with Crippen molar-refractivity contribution in [3.8, 4) is 0 Å². The van der Waals surface area contributed by atoms with Crippen LogP contribution in [-0.2, 0) is 6.54 Å². The average molecular weight is 258 g/mol. The number of piperidine rings is 1. The van der Waals surface area contributed by atoms with Crippen molar-refractivity contribution in [1.82, 2.24) is 10.2 Å². The van der Waals surface area contributed by atoms with E-state index in [1.54, 1.807) is 0 Å². The maximum Gasteiger partial charge on any atom is 0.0239 e. The van der Waals surface area contributed by atoms with Crippen molar-refractivity contribution in [3.63, 3.8) is 0 Å². The van der Waals surface area contributed by atoms with E-state index in [0.717, 1.165) is 18.5 Å². The standard InChI is InChI=1S/C17H26N2/c1-14-5-2-3-7-16(14)13-19(17-8-9-17)12-15-6-4-10-18-11-15/h2-3,5,7,15,17-18H,4,6,8-13H2,1H3. The van der Waals surface area contributed by atoms with Crippen molar-refractivity contribution in [1.29, 1.82) is 0 Å². The Hall–Kier alpha value is -0.860. The van der Waals surface area contributed by atoms with E-state index in [4.69, 9.17) is 0 Å². The van der Waals surface area contributed by atoms with E-state index in [2.05, 4.69) is 41.4 Å². The minimum absolute atomic E-state index is 0.860. The summed E-state index contributed by atoms with van der Waals surface area (Å²) in [6.45, 7) is 7.11. The van der Waals surface area contributed by atoms with Crippen molar-refractivity contribution < 1.29 is 0 Å². The second-order valence-corrected chi connectivity index (χ2v) is 6.30. The molecule has 2 aliphatic rings. The first-order chi connectivity index (χ1) is 9.33. The van der Waals surface area contributed by atoms with Crippen molar-refractivity contribution >= 4 is 0 Å². The third kappa shape index (κ3) is 3.58. The summed E-state index contributed by atoms with van der Waals surface area (Å²) in [4.78, 5) is 2.74. The minimum atomic E-state index is 0.860. The summed E-state index contributed by atoms with van der Waals surface area (Å²) in [5.41, 5.74) is 2.95. The van der Waals surface area contributed by atoms with E-state index in [0.29, 0.717) is 0 Å². The Morgan fingerprint density at radius 1 is 1.21 bits per heavy atom. The number of nitrogens with zero attached hydrogens (tertiary/aromatic N) is 1. The molecule has 1 saturated heterocycles. The van der Waals surface area contributed by atoms with Gasteiger partial charge in [-0.05, 0) is 62.7 Å². The molecule has 0 spiro atoms. The van der Waals surface area contributed by atoms with Gasteiger partial charge in [0.2, 0.25) is 0 Å². The van der Waals surface area contributed by atoms with Gasteiger partial charge in [0.1, 0.15) is 0 Å². The van der Waals surface area contributed by atoms with Gasteiger partial charge < -0.3 is 5.32 Å². The molecule has 1 aromatic rings. The molecule has 1 unspecified atom stereocenters. The van der Waals surface area contributed by atoms with Gasteiger partial charge in [-0.15, -0.1) is 0 Å². The van der Waals surface area contributed by atoms with Crippen LogP contribution in [0.4, 0.5) is 0 Å². The monoisotopic (exact) mass is 258 g/mol. The van der Waals surface area contributed by atoms with Crippen molar-refractivity contribution in [2.24, 2.45) is 5.92 Å². The highest BCUT2D eigenvalue weighted by atomic mass is 15.2. The lowest BCUT2D eigenvalue weighted by molar-refractivity contribution is 0.192. The topological polar surface area (TPSA) is 15.3 Å². The van der Waals surface area contributed by atoms with E-state index in [1.807, 2.05) is 0 Å². The van der Waals surface area contributed by atoms with Crippen LogP contribution >= 0.6 is 0 Å². The summed E-state index contributed by atoms with van der Waals surface area (Å²) in [5, 5.41) is 3.55. The fourth-order valence-corrected chi connectivity index (χ4v) is 3.20. The number of benzene rings is 1. The molecule has 0 radical (unpaired) electrons. The van der Waals surface area contributed by atoms with Gasteiger partial charge in [0.05, 0.1) is 0 Å². The molecule has 1 atom stereocenters. The quantitative estimate of drug-likeness (QED) is 0.873. The molecule has 2 nitrogen and oxygen atoms in total. The summed E-state index contributed by atoms with van der Waals surface area (Å²) in [5.74, 6) is 0.860. The average Bonchev–Trinajstić information content (AvgIpc) is 3.26. The Morgan fingerprint density at radius 2 is 2.05 bits per heavy atom. The Morgan fingerprint density at radius 3 is 2.74 bits per heavy atom. The molecule has 3 rings (SSSR count). The summed E-state index contributed by atoms with van der Waals surface area (Å²) in [6, 6.07) is 9.72. The van der Waals surface area contributed by atoms with E-state index in [1.165, 1.54) is 56.4 Å². The van der Waals surface area contributed by atoms with Gasteiger partial charge >= 0.3 is 0 Å². The molecule has 1 saturated carbocycles. The fourth-order valence-electron chi connectivity index (χ4n) is 3.20. The van der Waals surface area contributed by atoms with Crippen LogP contribution in [0.3, 0.4) is 0 Å². The maximum atomic E-state index is 3.55. The Balaban J connectivity index is 1.62. The van der Waals surface area contributed by atoms with Gasteiger partial charge in [0.25, 0.3) is 0 Å². The Kier molecular flexibility index (Phi) is 4.19. The first-order valence-corrected chi connectivity index (χ1v) is 7.82. The van der Waals surface area contributed by atoms with Crippen molar-refractivity contribution in [2.45, 2.75) is 45.2 Å². The molecular weight excluding hydrogens is 232 g/mol. The highest BCUT2D eigenvalue weighted by molar-refractivity contribution is 5.25. The van der Waals surface area contributed by atoms with Gasteiger partial charge in [-0.3, -0.25) is 4.90 Å². The van der Waals surface area contributed by atoms with Crippen LogP contribution in [0, 0.1) is 12.8 Å². The van der Waals surface area contributed by atoms with E-state index >= 15 is 0 Å². The smallest absolute Gasteiger partial charge is 0.0239 e. The van der Waals surface area contributed by atoms with Crippen molar-refractivity contribution in [2.75, 3.05) is 19.6 Å². The van der Waals surface area contributed by atoms with Gasteiger partial charge in [-0.1, -0.05) is 24.3 Å². The Bertz CT molecular complexity index is 405. The third-order valence-corrected chi connectivity index (χ3v) is 4.59. The number of aryl methyl sites for hydroxylation is 1. The number of rotatable bonds is 5. The molecular formula is C17H26N2. The zero-order chi connectivity index (χ0) is 13.1. The second-order valence-electron chi connectivity index (χ2n) is 6.30.